The first-order valence-corrected chi connectivity index (χ1v) is 9.25. The van der Waals surface area contributed by atoms with Gasteiger partial charge in [-0.1, -0.05) is 18.2 Å². The van der Waals surface area contributed by atoms with E-state index in [4.69, 9.17) is 0 Å². The first kappa shape index (κ1) is 20.1. The second kappa shape index (κ2) is 8.55. The molecule has 0 saturated heterocycles. The van der Waals surface area contributed by atoms with Crippen molar-refractivity contribution in [3.05, 3.63) is 82.2 Å². The van der Waals surface area contributed by atoms with E-state index in [1.54, 1.807) is 29.3 Å². The van der Waals surface area contributed by atoms with E-state index in [0.717, 1.165) is 11.3 Å². The van der Waals surface area contributed by atoms with Crippen LogP contribution in [0.1, 0.15) is 23.0 Å². The molecule has 3 aromatic rings. The summed E-state index contributed by atoms with van der Waals surface area (Å²) >= 11 is 0. The predicted molar refractivity (Wildman–Crippen MR) is 111 cm³/mol. The summed E-state index contributed by atoms with van der Waals surface area (Å²) in [5.74, 6) is -0.187. The van der Waals surface area contributed by atoms with E-state index in [0.29, 0.717) is 24.5 Å². The Hall–Kier alpha value is -3.68. The number of carbonyl (C=O) groups excluding carboxylic acids is 1. The van der Waals surface area contributed by atoms with Crippen molar-refractivity contribution < 1.29 is 9.72 Å². The van der Waals surface area contributed by atoms with Gasteiger partial charge in [0.05, 0.1) is 10.6 Å². The Kier molecular flexibility index (Phi) is 5.92. The van der Waals surface area contributed by atoms with Gasteiger partial charge in [-0.15, -0.1) is 0 Å². The van der Waals surface area contributed by atoms with Gasteiger partial charge < -0.3 is 9.80 Å². The number of benzene rings is 2. The van der Waals surface area contributed by atoms with Crippen LogP contribution in [0.5, 0.6) is 0 Å². The van der Waals surface area contributed by atoms with Gasteiger partial charge in [-0.25, -0.2) is 4.68 Å². The number of hydrogen-bond donors (Lipinski definition) is 0. The first-order chi connectivity index (χ1) is 13.9. The van der Waals surface area contributed by atoms with Crippen LogP contribution in [-0.2, 0) is 6.54 Å². The number of amides is 1. The summed E-state index contributed by atoms with van der Waals surface area (Å²) in [7, 11) is 3.96. The SMILES string of the molecule is CCN(Cc1ccc(N(C)C)cc1)C(=O)c1ccn(-c2cccc([N+](=O)[O-])c2)n1. The Morgan fingerprint density at radius 1 is 1.14 bits per heavy atom. The van der Waals surface area contributed by atoms with Crippen LogP contribution in [0.2, 0.25) is 0 Å². The number of rotatable bonds is 7. The zero-order chi connectivity index (χ0) is 21.0. The second-order valence-corrected chi connectivity index (χ2v) is 6.80. The van der Waals surface area contributed by atoms with E-state index in [-0.39, 0.29) is 11.6 Å². The van der Waals surface area contributed by atoms with Crippen molar-refractivity contribution >= 4 is 17.3 Å². The van der Waals surface area contributed by atoms with Crippen molar-refractivity contribution in [1.82, 2.24) is 14.7 Å². The molecule has 0 aliphatic carbocycles. The Morgan fingerprint density at radius 2 is 1.86 bits per heavy atom. The van der Waals surface area contributed by atoms with Crippen LogP contribution in [0.4, 0.5) is 11.4 Å². The first-order valence-electron chi connectivity index (χ1n) is 9.25. The number of carbonyl (C=O) groups is 1. The molecule has 1 aromatic heterocycles. The van der Waals surface area contributed by atoms with Crippen LogP contribution in [0.3, 0.4) is 0 Å². The number of aromatic nitrogens is 2. The molecule has 0 N–H and O–H groups in total. The third-order valence-corrected chi connectivity index (χ3v) is 4.61. The normalized spacial score (nSPS) is 10.6. The Labute approximate surface area is 169 Å². The van der Waals surface area contributed by atoms with E-state index in [1.165, 1.54) is 16.8 Å². The minimum Gasteiger partial charge on any atom is -0.378 e. The van der Waals surface area contributed by atoms with E-state index >= 15 is 0 Å². The van der Waals surface area contributed by atoms with Crippen LogP contribution in [0, 0.1) is 10.1 Å². The highest BCUT2D eigenvalue weighted by Crippen LogP contribution is 2.18. The predicted octanol–water partition coefficient (Wildman–Crippen LogP) is 3.51. The van der Waals surface area contributed by atoms with E-state index < -0.39 is 4.92 Å². The standard InChI is InChI=1S/C21H23N5O3/c1-4-24(15-16-8-10-17(11-9-16)23(2)3)21(27)20-12-13-25(22-20)18-6-5-7-19(14-18)26(28)29/h5-14H,4,15H2,1-3H3. The molecule has 1 amide bonds. The Bertz CT molecular complexity index is 1010. The molecule has 8 nitrogen and oxygen atoms in total. The molecule has 150 valence electrons. The van der Waals surface area contributed by atoms with Crippen LogP contribution >= 0.6 is 0 Å². The highest BCUT2D eigenvalue weighted by atomic mass is 16.6. The summed E-state index contributed by atoms with van der Waals surface area (Å²) < 4.78 is 1.47. The van der Waals surface area contributed by atoms with Crippen molar-refractivity contribution in [2.24, 2.45) is 0 Å². The highest BCUT2D eigenvalue weighted by Gasteiger charge is 2.18. The smallest absolute Gasteiger partial charge is 0.274 e. The molecule has 0 saturated carbocycles. The van der Waals surface area contributed by atoms with Crippen LogP contribution in [0.25, 0.3) is 5.69 Å². The molecule has 8 heteroatoms. The summed E-state index contributed by atoms with van der Waals surface area (Å²) in [4.78, 5) is 27.2. The molecule has 2 aromatic carbocycles. The Balaban J connectivity index is 1.76. The number of nitro benzene ring substituents is 1. The van der Waals surface area contributed by atoms with Gasteiger partial charge >= 0.3 is 0 Å². The molecular weight excluding hydrogens is 370 g/mol. The molecule has 29 heavy (non-hydrogen) atoms. The molecule has 0 unspecified atom stereocenters. The fourth-order valence-electron chi connectivity index (χ4n) is 2.94. The average molecular weight is 393 g/mol. The molecular formula is C21H23N5O3. The number of anilines is 1. The fraction of sp³-hybridized carbons (Fsp3) is 0.238. The summed E-state index contributed by atoms with van der Waals surface area (Å²) in [5, 5.41) is 15.3. The van der Waals surface area contributed by atoms with Gasteiger partial charge in [-0.05, 0) is 36.8 Å². The van der Waals surface area contributed by atoms with Gasteiger partial charge in [-0.3, -0.25) is 14.9 Å². The number of non-ortho nitro benzene ring substituents is 1. The third-order valence-electron chi connectivity index (χ3n) is 4.61. The van der Waals surface area contributed by atoms with Gasteiger partial charge in [0.2, 0.25) is 0 Å². The van der Waals surface area contributed by atoms with Crippen molar-refractivity contribution in [3.8, 4) is 5.69 Å². The van der Waals surface area contributed by atoms with Gasteiger partial charge in [-0.2, -0.15) is 5.10 Å². The lowest BCUT2D eigenvalue weighted by Gasteiger charge is -2.20. The maximum atomic E-state index is 12.9. The molecule has 0 bridgehead atoms. The Morgan fingerprint density at radius 3 is 2.48 bits per heavy atom. The molecule has 1 heterocycles. The summed E-state index contributed by atoms with van der Waals surface area (Å²) in [5.41, 5.74) is 2.92. The number of hydrogen-bond acceptors (Lipinski definition) is 5. The lowest BCUT2D eigenvalue weighted by atomic mass is 10.2. The summed E-state index contributed by atoms with van der Waals surface area (Å²) in [6.45, 7) is 2.94. The van der Waals surface area contributed by atoms with Crippen LogP contribution < -0.4 is 4.90 Å². The second-order valence-electron chi connectivity index (χ2n) is 6.80. The number of nitrogens with zero attached hydrogens (tertiary/aromatic N) is 5. The maximum Gasteiger partial charge on any atom is 0.274 e. The largest absolute Gasteiger partial charge is 0.378 e. The third kappa shape index (κ3) is 4.60. The molecule has 0 aliphatic heterocycles. The molecule has 0 aliphatic rings. The molecule has 0 spiro atoms. The minimum absolute atomic E-state index is 0.0257. The van der Waals surface area contributed by atoms with E-state index in [1.807, 2.05) is 50.2 Å². The molecule has 3 rings (SSSR count). The van der Waals surface area contributed by atoms with Crippen molar-refractivity contribution in [1.29, 1.82) is 0 Å². The highest BCUT2D eigenvalue weighted by molar-refractivity contribution is 5.92. The minimum atomic E-state index is -0.459. The van der Waals surface area contributed by atoms with Crippen LogP contribution in [0.15, 0.2) is 60.8 Å². The molecule has 0 fully saturated rings. The van der Waals surface area contributed by atoms with Crippen molar-refractivity contribution in [2.75, 3.05) is 25.5 Å². The zero-order valence-electron chi connectivity index (χ0n) is 16.6. The van der Waals surface area contributed by atoms with Crippen molar-refractivity contribution in [3.63, 3.8) is 0 Å². The lowest BCUT2D eigenvalue weighted by Crippen LogP contribution is -2.30. The topological polar surface area (TPSA) is 84.5 Å². The summed E-state index contributed by atoms with van der Waals surface area (Å²) in [6, 6.07) is 15.8. The average Bonchev–Trinajstić information content (AvgIpc) is 3.22. The molecule has 0 radical (unpaired) electrons. The summed E-state index contributed by atoms with van der Waals surface area (Å²) in [6.07, 6.45) is 1.63. The van der Waals surface area contributed by atoms with E-state index in [9.17, 15) is 14.9 Å². The van der Waals surface area contributed by atoms with Gasteiger partial charge in [0.25, 0.3) is 11.6 Å². The quantitative estimate of drug-likeness (QED) is 0.453. The monoisotopic (exact) mass is 393 g/mol. The molecule has 0 atom stereocenters. The van der Waals surface area contributed by atoms with E-state index in [2.05, 4.69) is 5.10 Å². The fourth-order valence-corrected chi connectivity index (χ4v) is 2.94. The number of nitro groups is 1. The zero-order valence-corrected chi connectivity index (χ0v) is 16.6. The van der Waals surface area contributed by atoms with Gasteiger partial charge in [0.15, 0.2) is 5.69 Å². The lowest BCUT2D eigenvalue weighted by molar-refractivity contribution is -0.384. The van der Waals surface area contributed by atoms with Gasteiger partial charge in [0, 0.05) is 51.2 Å². The van der Waals surface area contributed by atoms with Gasteiger partial charge in [0.1, 0.15) is 0 Å². The van der Waals surface area contributed by atoms with Crippen molar-refractivity contribution in [2.45, 2.75) is 13.5 Å². The maximum absolute atomic E-state index is 12.9. The van der Waals surface area contributed by atoms with Crippen LogP contribution in [-0.4, -0.2) is 46.2 Å².